The van der Waals surface area contributed by atoms with E-state index < -0.39 is 0 Å². The van der Waals surface area contributed by atoms with E-state index in [2.05, 4.69) is 276 Å². The van der Waals surface area contributed by atoms with Crippen molar-refractivity contribution in [3.63, 3.8) is 0 Å². The van der Waals surface area contributed by atoms with E-state index in [0.29, 0.717) is 0 Å². The lowest BCUT2D eigenvalue weighted by Gasteiger charge is -2.28. The first kappa shape index (κ1) is 40.6. The summed E-state index contributed by atoms with van der Waals surface area (Å²) in [7, 11) is 0. The highest BCUT2D eigenvalue weighted by atomic mass is 16.3. The van der Waals surface area contributed by atoms with Crippen molar-refractivity contribution in [3.8, 4) is 50.2 Å². The van der Waals surface area contributed by atoms with Crippen molar-refractivity contribution in [1.29, 1.82) is 0 Å². The Morgan fingerprint density at radius 1 is 0.296 bits per heavy atom. The maximum absolute atomic E-state index is 6.57. The van der Waals surface area contributed by atoms with E-state index in [1.165, 1.54) is 54.7 Å². The Kier molecular flexibility index (Phi) is 9.53. The molecular formula is C68H44N2O. The number of aromatic nitrogens is 1. The van der Waals surface area contributed by atoms with E-state index in [-0.39, 0.29) is 0 Å². The third kappa shape index (κ3) is 6.97. The second-order valence-electron chi connectivity index (χ2n) is 18.5. The quantitative estimate of drug-likeness (QED) is 0.151. The standard InChI is InChI=1S/C68H44N2O/c1-2-15-49-42-53(28-27-45(49)13-1)51-17-11-16-50(41-51)46-29-35-55(36-30-46)69(64-24-8-5-20-58(64)54-34-40-67-63(44-54)62-39-33-48-14-3-4-21-59(48)68(62)71-67)56-37-31-47(32-38-56)52-18-12-19-57(43-52)70-65-25-9-6-22-60(65)61-23-7-10-26-66(61)70/h1-44H. The van der Waals surface area contributed by atoms with E-state index in [1.54, 1.807) is 0 Å². The second kappa shape index (κ2) is 16.7. The molecule has 0 aliphatic carbocycles. The number of hydrogen-bond donors (Lipinski definition) is 0. The number of para-hydroxylation sites is 3. The molecule has 0 amide bonds. The van der Waals surface area contributed by atoms with Crippen molar-refractivity contribution in [3.05, 3.63) is 267 Å². The lowest BCUT2D eigenvalue weighted by Crippen LogP contribution is -2.11. The molecule has 14 aromatic rings. The first-order valence-electron chi connectivity index (χ1n) is 24.3. The molecule has 0 atom stereocenters. The zero-order valence-corrected chi connectivity index (χ0v) is 38.7. The third-order valence-electron chi connectivity index (χ3n) is 14.4. The molecule has 71 heavy (non-hydrogen) atoms. The van der Waals surface area contributed by atoms with Gasteiger partial charge in [-0.1, -0.05) is 182 Å². The monoisotopic (exact) mass is 904 g/mol. The molecule has 0 saturated carbocycles. The van der Waals surface area contributed by atoms with Crippen LogP contribution in [0, 0.1) is 0 Å². The predicted octanol–water partition coefficient (Wildman–Crippen LogP) is 19.1. The van der Waals surface area contributed by atoms with Crippen molar-refractivity contribution in [2.75, 3.05) is 4.90 Å². The van der Waals surface area contributed by atoms with Gasteiger partial charge in [-0.05, 0) is 140 Å². The summed E-state index contributed by atoms with van der Waals surface area (Å²) >= 11 is 0. The van der Waals surface area contributed by atoms with Crippen LogP contribution < -0.4 is 4.90 Å². The van der Waals surface area contributed by atoms with Crippen LogP contribution in [-0.4, -0.2) is 4.57 Å². The fourth-order valence-electron chi connectivity index (χ4n) is 10.9. The van der Waals surface area contributed by atoms with E-state index in [9.17, 15) is 0 Å². The molecule has 0 aliphatic rings. The molecule has 3 heteroatoms. The van der Waals surface area contributed by atoms with Gasteiger partial charge < -0.3 is 13.9 Å². The lowest BCUT2D eigenvalue weighted by molar-refractivity contribution is 0.672. The summed E-state index contributed by atoms with van der Waals surface area (Å²) in [5.41, 5.74) is 17.9. The van der Waals surface area contributed by atoms with Crippen molar-refractivity contribution in [1.82, 2.24) is 4.57 Å². The molecule has 0 N–H and O–H groups in total. The molecule has 3 nitrogen and oxygen atoms in total. The van der Waals surface area contributed by atoms with Crippen LogP contribution >= 0.6 is 0 Å². The summed E-state index contributed by atoms with van der Waals surface area (Å²) in [5.74, 6) is 0. The zero-order valence-electron chi connectivity index (χ0n) is 38.7. The SMILES string of the molecule is c1cc(-c2ccc(N(c3ccc(-c4cccc(-n5c6ccccc6c6ccccc65)c4)cc3)c3ccccc3-c3ccc4oc5c6ccccc6ccc5c4c3)cc2)cc(-c2ccc3ccccc3c2)c1. The van der Waals surface area contributed by atoms with Crippen LogP contribution in [0.3, 0.4) is 0 Å². The topological polar surface area (TPSA) is 21.3 Å². The van der Waals surface area contributed by atoms with Gasteiger partial charge in [-0.2, -0.15) is 0 Å². The van der Waals surface area contributed by atoms with Gasteiger partial charge in [0.05, 0.1) is 16.7 Å². The molecule has 0 saturated heterocycles. The van der Waals surface area contributed by atoms with E-state index in [4.69, 9.17) is 4.42 Å². The first-order valence-corrected chi connectivity index (χ1v) is 24.3. The van der Waals surface area contributed by atoms with Crippen LogP contribution in [0.1, 0.15) is 0 Å². The minimum atomic E-state index is 0.882. The molecule has 0 spiro atoms. The average molecular weight is 905 g/mol. The van der Waals surface area contributed by atoms with Crippen LogP contribution in [0.2, 0.25) is 0 Å². The smallest absolute Gasteiger partial charge is 0.143 e. The highest BCUT2D eigenvalue weighted by Gasteiger charge is 2.20. The maximum atomic E-state index is 6.57. The molecule has 0 bridgehead atoms. The van der Waals surface area contributed by atoms with Gasteiger partial charge in [0.1, 0.15) is 11.2 Å². The fourth-order valence-corrected chi connectivity index (χ4v) is 10.9. The summed E-state index contributed by atoms with van der Waals surface area (Å²) in [6, 6.07) is 96.8. The number of hydrogen-bond acceptors (Lipinski definition) is 2. The molecule has 0 radical (unpaired) electrons. The zero-order chi connectivity index (χ0) is 46.8. The number of fused-ring (bicyclic) bond motifs is 9. The third-order valence-corrected chi connectivity index (χ3v) is 14.4. The van der Waals surface area contributed by atoms with Gasteiger partial charge in [0.2, 0.25) is 0 Å². The Bertz CT molecular complexity index is 4290. The molecule has 2 heterocycles. The van der Waals surface area contributed by atoms with Gasteiger partial charge in [-0.25, -0.2) is 0 Å². The number of furan rings is 1. The highest BCUT2D eigenvalue weighted by Crippen LogP contribution is 2.44. The second-order valence-corrected chi connectivity index (χ2v) is 18.5. The summed E-state index contributed by atoms with van der Waals surface area (Å²) in [6.07, 6.45) is 0. The Balaban J connectivity index is 0.870. The minimum Gasteiger partial charge on any atom is -0.455 e. The van der Waals surface area contributed by atoms with Gasteiger partial charge >= 0.3 is 0 Å². The number of anilines is 3. The van der Waals surface area contributed by atoms with Crippen molar-refractivity contribution in [2.45, 2.75) is 0 Å². The average Bonchev–Trinajstić information content (AvgIpc) is 4.00. The molecule has 0 fully saturated rings. The fraction of sp³-hybridized carbons (Fsp3) is 0. The highest BCUT2D eigenvalue weighted by molar-refractivity contribution is 6.16. The summed E-state index contributed by atoms with van der Waals surface area (Å²) in [4.78, 5) is 2.40. The molecule has 332 valence electrons. The summed E-state index contributed by atoms with van der Waals surface area (Å²) in [6.45, 7) is 0. The van der Waals surface area contributed by atoms with Crippen LogP contribution in [-0.2, 0) is 0 Å². The Morgan fingerprint density at radius 3 is 1.56 bits per heavy atom. The maximum Gasteiger partial charge on any atom is 0.143 e. The lowest BCUT2D eigenvalue weighted by atomic mass is 9.96. The predicted molar refractivity (Wildman–Crippen MR) is 299 cm³/mol. The van der Waals surface area contributed by atoms with Gasteiger partial charge in [0.25, 0.3) is 0 Å². The van der Waals surface area contributed by atoms with Crippen LogP contribution in [0.5, 0.6) is 0 Å². The molecule has 0 unspecified atom stereocenters. The van der Waals surface area contributed by atoms with Crippen LogP contribution in [0.25, 0.3) is 115 Å². The summed E-state index contributed by atoms with van der Waals surface area (Å²) in [5, 5.41) is 9.52. The van der Waals surface area contributed by atoms with E-state index in [0.717, 1.165) is 77.9 Å². The van der Waals surface area contributed by atoms with Crippen molar-refractivity contribution < 1.29 is 4.42 Å². The summed E-state index contributed by atoms with van der Waals surface area (Å²) < 4.78 is 8.96. The van der Waals surface area contributed by atoms with Gasteiger partial charge in [0, 0.05) is 49.6 Å². The number of benzene rings is 12. The Morgan fingerprint density at radius 2 is 0.831 bits per heavy atom. The van der Waals surface area contributed by atoms with Gasteiger partial charge in [0.15, 0.2) is 0 Å². The first-order chi connectivity index (χ1) is 35.2. The van der Waals surface area contributed by atoms with Crippen molar-refractivity contribution in [2.24, 2.45) is 0 Å². The van der Waals surface area contributed by atoms with Crippen LogP contribution in [0.4, 0.5) is 17.1 Å². The van der Waals surface area contributed by atoms with E-state index >= 15 is 0 Å². The molecule has 12 aromatic carbocycles. The molecule has 14 rings (SSSR count). The van der Waals surface area contributed by atoms with E-state index in [1.807, 2.05) is 0 Å². The normalized spacial score (nSPS) is 11.7. The largest absolute Gasteiger partial charge is 0.455 e. The molecular weight excluding hydrogens is 861 g/mol. The van der Waals surface area contributed by atoms with Gasteiger partial charge in [-0.3, -0.25) is 0 Å². The molecule has 0 aliphatic heterocycles. The Labute approximate surface area is 411 Å². The van der Waals surface area contributed by atoms with Gasteiger partial charge in [-0.15, -0.1) is 0 Å². The Hall–Kier alpha value is -9.44. The van der Waals surface area contributed by atoms with Crippen molar-refractivity contribution >= 4 is 82.4 Å². The van der Waals surface area contributed by atoms with Crippen LogP contribution in [0.15, 0.2) is 271 Å². The molecule has 2 aromatic heterocycles. The number of nitrogens with zero attached hydrogens (tertiary/aromatic N) is 2. The minimum absolute atomic E-state index is 0.882. The number of rotatable bonds is 8.